The zero-order chi connectivity index (χ0) is 16.1. The molecule has 0 saturated carbocycles. The van der Waals surface area contributed by atoms with Crippen molar-refractivity contribution in [2.24, 2.45) is 0 Å². The van der Waals surface area contributed by atoms with Gasteiger partial charge in [0.1, 0.15) is 23.7 Å². The highest BCUT2D eigenvalue weighted by Gasteiger charge is 2.19. The number of carbonyl (C=O) groups is 1. The lowest BCUT2D eigenvalue weighted by molar-refractivity contribution is 0.0299. The van der Waals surface area contributed by atoms with Gasteiger partial charge in [-0.1, -0.05) is 12.1 Å². The number of ether oxygens (including phenoxy) is 1. The summed E-state index contributed by atoms with van der Waals surface area (Å²) in [6.07, 6.45) is 1.36. The molecule has 3 rings (SSSR count). The number of amides is 1. The van der Waals surface area contributed by atoms with Gasteiger partial charge in [-0.3, -0.25) is 4.79 Å². The van der Waals surface area contributed by atoms with E-state index in [4.69, 9.17) is 4.74 Å². The molecule has 120 valence electrons. The molecule has 0 unspecified atom stereocenters. The number of nitrogens with one attached hydrogen (secondary N) is 1. The SMILES string of the molecule is O=C(c1cc(NCc2ccc(F)cc2)ncn1)N1CCOCC1. The molecule has 2 heterocycles. The van der Waals surface area contributed by atoms with E-state index >= 15 is 0 Å². The van der Waals surface area contributed by atoms with Crippen molar-refractivity contribution in [2.75, 3.05) is 31.6 Å². The first kappa shape index (κ1) is 15.4. The fourth-order valence-corrected chi connectivity index (χ4v) is 2.29. The van der Waals surface area contributed by atoms with Crippen molar-refractivity contribution in [1.82, 2.24) is 14.9 Å². The van der Waals surface area contributed by atoms with Crippen molar-refractivity contribution >= 4 is 11.7 Å². The van der Waals surface area contributed by atoms with Crippen molar-refractivity contribution in [1.29, 1.82) is 0 Å². The van der Waals surface area contributed by atoms with Crippen LogP contribution in [-0.4, -0.2) is 47.1 Å². The smallest absolute Gasteiger partial charge is 0.272 e. The lowest BCUT2D eigenvalue weighted by Crippen LogP contribution is -2.41. The minimum atomic E-state index is -0.269. The number of carbonyl (C=O) groups excluding carboxylic acids is 1. The van der Waals surface area contributed by atoms with Crippen LogP contribution in [-0.2, 0) is 11.3 Å². The Morgan fingerprint density at radius 3 is 2.70 bits per heavy atom. The Morgan fingerprint density at radius 1 is 1.22 bits per heavy atom. The Kier molecular flexibility index (Phi) is 4.77. The zero-order valence-electron chi connectivity index (χ0n) is 12.5. The van der Waals surface area contributed by atoms with Gasteiger partial charge in [-0.15, -0.1) is 0 Å². The fourth-order valence-electron chi connectivity index (χ4n) is 2.29. The standard InChI is InChI=1S/C16H17FN4O2/c17-13-3-1-12(2-4-13)10-18-15-9-14(19-11-20-15)16(22)21-5-7-23-8-6-21/h1-4,9,11H,5-8,10H2,(H,18,19,20). The van der Waals surface area contributed by atoms with Crippen LogP contribution in [0.4, 0.5) is 10.2 Å². The molecule has 23 heavy (non-hydrogen) atoms. The molecule has 7 heteroatoms. The maximum absolute atomic E-state index is 12.9. The van der Waals surface area contributed by atoms with Crippen molar-refractivity contribution in [3.63, 3.8) is 0 Å². The number of nitrogens with zero attached hydrogens (tertiary/aromatic N) is 3. The van der Waals surface area contributed by atoms with Crippen molar-refractivity contribution < 1.29 is 13.9 Å². The van der Waals surface area contributed by atoms with Gasteiger partial charge in [0.25, 0.3) is 5.91 Å². The monoisotopic (exact) mass is 316 g/mol. The number of morpholine rings is 1. The molecule has 0 spiro atoms. The Morgan fingerprint density at radius 2 is 1.96 bits per heavy atom. The molecule has 1 aliphatic rings. The Balaban J connectivity index is 1.64. The van der Waals surface area contributed by atoms with E-state index in [0.29, 0.717) is 44.4 Å². The van der Waals surface area contributed by atoms with E-state index in [1.54, 1.807) is 23.1 Å². The first-order valence-corrected chi connectivity index (χ1v) is 7.40. The molecule has 1 amide bonds. The highest BCUT2D eigenvalue weighted by atomic mass is 19.1. The Hall–Kier alpha value is -2.54. The molecular weight excluding hydrogens is 299 g/mol. The second-order valence-electron chi connectivity index (χ2n) is 5.17. The van der Waals surface area contributed by atoms with Crippen molar-refractivity contribution in [3.05, 3.63) is 53.7 Å². The van der Waals surface area contributed by atoms with E-state index in [0.717, 1.165) is 5.56 Å². The van der Waals surface area contributed by atoms with E-state index in [1.165, 1.54) is 18.5 Å². The quantitative estimate of drug-likeness (QED) is 0.930. The molecule has 0 atom stereocenters. The second-order valence-corrected chi connectivity index (χ2v) is 5.17. The molecular formula is C16H17FN4O2. The molecule has 1 aromatic heterocycles. The third kappa shape index (κ3) is 4.01. The van der Waals surface area contributed by atoms with E-state index in [1.807, 2.05) is 0 Å². The summed E-state index contributed by atoms with van der Waals surface area (Å²) in [6, 6.07) is 7.84. The molecule has 1 aromatic carbocycles. The molecule has 0 aliphatic carbocycles. The van der Waals surface area contributed by atoms with Gasteiger partial charge in [0.05, 0.1) is 13.2 Å². The van der Waals surface area contributed by atoms with Crippen LogP contribution in [0.25, 0.3) is 0 Å². The molecule has 1 aliphatic heterocycles. The summed E-state index contributed by atoms with van der Waals surface area (Å²) in [6.45, 7) is 2.73. The van der Waals surface area contributed by atoms with Gasteiger partial charge in [-0.25, -0.2) is 14.4 Å². The second kappa shape index (κ2) is 7.15. The first-order valence-electron chi connectivity index (χ1n) is 7.40. The topological polar surface area (TPSA) is 67.4 Å². The van der Waals surface area contributed by atoms with Gasteiger partial charge in [0, 0.05) is 25.7 Å². The fraction of sp³-hybridized carbons (Fsp3) is 0.312. The normalized spacial score (nSPS) is 14.6. The van der Waals surface area contributed by atoms with E-state index < -0.39 is 0 Å². The number of anilines is 1. The third-order valence-electron chi connectivity index (χ3n) is 3.57. The molecule has 1 N–H and O–H groups in total. The van der Waals surface area contributed by atoms with Crippen LogP contribution < -0.4 is 5.32 Å². The maximum Gasteiger partial charge on any atom is 0.272 e. The van der Waals surface area contributed by atoms with Gasteiger partial charge < -0.3 is 15.0 Å². The first-order chi connectivity index (χ1) is 11.2. The van der Waals surface area contributed by atoms with Gasteiger partial charge >= 0.3 is 0 Å². The van der Waals surface area contributed by atoms with Gasteiger partial charge in [0.15, 0.2) is 0 Å². The largest absolute Gasteiger partial charge is 0.378 e. The predicted octanol–water partition coefficient (Wildman–Crippen LogP) is 1.70. The zero-order valence-corrected chi connectivity index (χ0v) is 12.5. The summed E-state index contributed by atoms with van der Waals surface area (Å²) in [4.78, 5) is 22.2. The van der Waals surface area contributed by atoms with Crippen LogP contribution in [0.3, 0.4) is 0 Å². The number of halogens is 1. The molecule has 0 radical (unpaired) electrons. The lowest BCUT2D eigenvalue weighted by atomic mass is 10.2. The lowest BCUT2D eigenvalue weighted by Gasteiger charge is -2.26. The van der Waals surface area contributed by atoms with Gasteiger partial charge in [0.2, 0.25) is 0 Å². The van der Waals surface area contributed by atoms with Crippen LogP contribution in [0.1, 0.15) is 16.1 Å². The number of hydrogen-bond donors (Lipinski definition) is 1. The Labute approximate surface area is 133 Å². The Bertz CT molecular complexity index is 672. The third-order valence-corrected chi connectivity index (χ3v) is 3.57. The van der Waals surface area contributed by atoms with E-state index in [-0.39, 0.29) is 11.7 Å². The number of hydrogen-bond acceptors (Lipinski definition) is 5. The minimum absolute atomic E-state index is 0.125. The number of benzene rings is 1. The summed E-state index contributed by atoms with van der Waals surface area (Å²) in [7, 11) is 0. The molecule has 2 aromatic rings. The number of aromatic nitrogens is 2. The summed E-state index contributed by atoms with van der Waals surface area (Å²) >= 11 is 0. The average molecular weight is 316 g/mol. The average Bonchev–Trinajstić information content (AvgIpc) is 2.61. The van der Waals surface area contributed by atoms with Crippen LogP contribution in [0.5, 0.6) is 0 Å². The number of rotatable bonds is 4. The minimum Gasteiger partial charge on any atom is -0.378 e. The van der Waals surface area contributed by atoms with Crippen LogP contribution in [0.2, 0.25) is 0 Å². The summed E-state index contributed by atoms with van der Waals surface area (Å²) in [5.74, 6) is 0.163. The maximum atomic E-state index is 12.9. The summed E-state index contributed by atoms with van der Waals surface area (Å²) < 4.78 is 18.1. The highest BCUT2D eigenvalue weighted by molar-refractivity contribution is 5.92. The van der Waals surface area contributed by atoms with Crippen molar-refractivity contribution in [3.8, 4) is 0 Å². The van der Waals surface area contributed by atoms with Crippen LogP contribution >= 0.6 is 0 Å². The summed E-state index contributed by atoms with van der Waals surface area (Å²) in [5, 5.41) is 3.11. The molecule has 6 nitrogen and oxygen atoms in total. The molecule has 0 bridgehead atoms. The van der Waals surface area contributed by atoms with Crippen LogP contribution in [0, 0.1) is 5.82 Å². The van der Waals surface area contributed by atoms with E-state index in [2.05, 4.69) is 15.3 Å². The predicted molar refractivity (Wildman–Crippen MR) is 82.5 cm³/mol. The molecule has 1 saturated heterocycles. The summed E-state index contributed by atoms with van der Waals surface area (Å²) in [5.41, 5.74) is 1.27. The highest BCUT2D eigenvalue weighted by Crippen LogP contribution is 2.11. The molecule has 1 fully saturated rings. The van der Waals surface area contributed by atoms with Crippen LogP contribution in [0.15, 0.2) is 36.7 Å². The van der Waals surface area contributed by atoms with E-state index in [9.17, 15) is 9.18 Å². The van der Waals surface area contributed by atoms with Gasteiger partial charge in [-0.05, 0) is 17.7 Å². The van der Waals surface area contributed by atoms with Gasteiger partial charge in [-0.2, -0.15) is 0 Å². The van der Waals surface area contributed by atoms with Crippen molar-refractivity contribution in [2.45, 2.75) is 6.54 Å².